The van der Waals surface area contributed by atoms with Gasteiger partial charge in [-0.2, -0.15) is 0 Å². The van der Waals surface area contributed by atoms with Gasteiger partial charge < -0.3 is 15.7 Å². The van der Waals surface area contributed by atoms with E-state index >= 15 is 0 Å². The van der Waals surface area contributed by atoms with E-state index in [4.69, 9.17) is 0 Å². The van der Waals surface area contributed by atoms with Crippen molar-refractivity contribution in [1.29, 1.82) is 0 Å². The van der Waals surface area contributed by atoms with Crippen LogP contribution >= 0.6 is 11.8 Å². The summed E-state index contributed by atoms with van der Waals surface area (Å²) in [5.74, 6) is 0.358. The number of hydrogen-bond donors (Lipinski definition) is 3. The molecule has 0 bridgehead atoms. The highest BCUT2D eigenvalue weighted by atomic mass is 32.2. The quantitative estimate of drug-likeness (QED) is 0.102. The number of unbranched alkanes of at least 4 members (excludes halogenated alkanes) is 14. The van der Waals surface area contributed by atoms with E-state index in [1.807, 2.05) is 0 Å². The maximum absolute atomic E-state index is 11.9. The van der Waals surface area contributed by atoms with Gasteiger partial charge in [0.05, 0.1) is 12.4 Å². The van der Waals surface area contributed by atoms with E-state index in [-0.39, 0.29) is 30.0 Å². The van der Waals surface area contributed by atoms with Gasteiger partial charge in [-0.05, 0) is 30.7 Å². The third-order valence-electron chi connectivity index (χ3n) is 5.79. The van der Waals surface area contributed by atoms with Gasteiger partial charge in [0.15, 0.2) is 0 Å². The Bertz CT molecular complexity index is 622. The molecule has 0 fully saturated rings. The molecule has 2 amide bonds. The Balaban J connectivity index is 1.83. The van der Waals surface area contributed by atoms with Crippen LogP contribution in [0.1, 0.15) is 110 Å². The lowest BCUT2D eigenvalue weighted by atomic mass is 10.0. The summed E-state index contributed by atoms with van der Waals surface area (Å²) in [6.07, 6.45) is 20.2. The highest BCUT2D eigenvalue weighted by Crippen LogP contribution is 2.20. The zero-order valence-corrected chi connectivity index (χ0v) is 21.5. The van der Waals surface area contributed by atoms with E-state index in [1.165, 1.54) is 95.2 Å². The number of rotatable bonds is 21. The van der Waals surface area contributed by atoms with E-state index in [1.54, 1.807) is 24.3 Å². The molecule has 0 atom stereocenters. The van der Waals surface area contributed by atoms with Gasteiger partial charge >= 0.3 is 0 Å². The molecule has 33 heavy (non-hydrogen) atoms. The molecule has 1 aromatic carbocycles. The van der Waals surface area contributed by atoms with Crippen LogP contribution in [0, 0.1) is 0 Å². The van der Waals surface area contributed by atoms with Crippen LogP contribution in [-0.2, 0) is 9.59 Å². The van der Waals surface area contributed by atoms with E-state index < -0.39 is 0 Å². The summed E-state index contributed by atoms with van der Waals surface area (Å²) >= 11 is 1.39. The zero-order chi connectivity index (χ0) is 24.0. The smallest absolute Gasteiger partial charge is 0.231 e. The summed E-state index contributed by atoms with van der Waals surface area (Å²) in [5, 5.41) is 14.7. The molecule has 5 nitrogen and oxygen atoms in total. The number of phenols is 1. The highest BCUT2D eigenvalue weighted by Gasteiger charge is 2.05. The van der Waals surface area contributed by atoms with Crippen LogP contribution < -0.4 is 10.6 Å². The van der Waals surface area contributed by atoms with E-state index in [9.17, 15) is 14.7 Å². The van der Waals surface area contributed by atoms with Crippen LogP contribution in [0.4, 0.5) is 0 Å². The lowest BCUT2D eigenvalue weighted by Crippen LogP contribution is -2.37. The first-order chi connectivity index (χ1) is 16.1. The summed E-state index contributed by atoms with van der Waals surface area (Å²) < 4.78 is 0. The average molecular weight is 479 g/mol. The van der Waals surface area contributed by atoms with E-state index in [2.05, 4.69) is 17.6 Å². The number of phenolic OH excluding ortho intramolecular Hbond substituents is 1. The highest BCUT2D eigenvalue weighted by molar-refractivity contribution is 8.00. The number of hydrogen-bond acceptors (Lipinski definition) is 4. The van der Waals surface area contributed by atoms with Gasteiger partial charge in [-0.1, -0.05) is 96.8 Å². The molecule has 0 aromatic heterocycles. The molecule has 0 saturated carbocycles. The van der Waals surface area contributed by atoms with Gasteiger partial charge in [-0.3, -0.25) is 9.59 Å². The minimum Gasteiger partial charge on any atom is -0.508 e. The van der Waals surface area contributed by atoms with Crippen LogP contribution in [0.3, 0.4) is 0 Å². The fourth-order valence-electron chi connectivity index (χ4n) is 3.73. The van der Waals surface area contributed by atoms with Crippen molar-refractivity contribution < 1.29 is 14.7 Å². The van der Waals surface area contributed by atoms with Crippen molar-refractivity contribution in [1.82, 2.24) is 10.6 Å². The predicted molar refractivity (Wildman–Crippen MR) is 140 cm³/mol. The maximum Gasteiger partial charge on any atom is 0.231 e. The fraction of sp³-hybridized carbons (Fsp3) is 0.704. The lowest BCUT2D eigenvalue weighted by Gasteiger charge is -2.08. The molecule has 1 rings (SSSR count). The summed E-state index contributed by atoms with van der Waals surface area (Å²) in [6.45, 7) is 2.44. The molecule has 0 spiro atoms. The Labute approximate surface area is 205 Å². The van der Waals surface area contributed by atoms with Crippen molar-refractivity contribution in [3.63, 3.8) is 0 Å². The minimum atomic E-state index is -0.125. The maximum atomic E-state index is 11.9. The molecule has 188 valence electrons. The molecule has 1 aromatic rings. The normalized spacial score (nSPS) is 10.8. The molecular formula is C27H46N2O3S. The summed E-state index contributed by atoms with van der Waals surface area (Å²) in [5.41, 5.74) is 0. The first kappa shape index (κ1) is 29.3. The summed E-state index contributed by atoms with van der Waals surface area (Å²) in [4.78, 5) is 24.6. The van der Waals surface area contributed by atoms with Gasteiger partial charge in [-0.25, -0.2) is 0 Å². The summed E-state index contributed by atoms with van der Waals surface area (Å²) in [6, 6.07) is 6.73. The Kier molecular flexibility index (Phi) is 18.6. The Morgan fingerprint density at radius 1 is 0.697 bits per heavy atom. The van der Waals surface area contributed by atoms with Crippen LogP contribution in [0.2, 0.25) is 0 Å². The van der Waals surface area contributed by atoms with Gasteiger partial charge in [0, 0.05) is 11.3 Å². The third-order valence-corrected chi connectivity index (χ3v) is 6.80. The second-order valence-corrected chi connectivity index (χ2v) is 9.91. The number of thioether (sulfide) groups is 1. The summed E-state index contributed by atoms with van der Waals surface area (Å²) in [7, 11) is 0. The SMILES string of the molecule is CCCCCCCCCCCCCCCCCC(=O)NCNC(=O)CSc1ccc(O)cc1. The number of nitrogens with one attached hydrogen (secondary N) is 2. The Morgan fingerprint density at radius 3 is 1.67 bits per heavy atom. The molecule has 0 heterocycles. The van der Waals surface area contributed by atoms with Crippen molar-refractivity contribution in [3.05, 3.63) is 24.3 Å². The molecule has 6 heteroatoms. The van der Waals surface area contributed by atoms with Crippen molar-refractivity contribution in [2.45, 2.75) is 115 Å². The first-order valence-corrected chi connectivity index (χ1v) is 14.1. The van der Waals surface area contributed by atoms with Gasteiger partial charge in [0.2, 0.25) is 11.8 Å². The molecule has 0 aliphatic heterocycles. The second kappa shape index (κ2) is 20.9. The monoisotopic (exact) mass is 478 g/mol. The second-order valence-electron chi connectivity index (χ2n) is 8.86. The molecule has 0 unspecified atom stereocenters. The van der Waals surface area contributed by atoms with Crippen molar-refractivity contribution in [3.8, 4) is 5.75 Å². The van der Waals surface area contributed by atoms with Gasteiger partial charge in [0.1, 0.15) is 5.75 Å². The average Bonchev–Trinajstić information content (AvgIpc) is 2.81. The third kappa shape index (κ3) is 18.4. The number of benzene rings is 1. The Hall–Kier alpha value is -1.69. The standard InChI is InChI=1S/C27H46N2O3S/c1-2-3-4-5-6-7-8-9-10-11-12-13-14-15-16-17-26(31)28-23-29-27(32)22-33-25-20-18-24(30)19-21-25/h18-21,30H,2-17,22-23H2,1H3,(H,28,31)(H,29,32). The number of aromatic hydroxyl groups is 1. The first-order valence-electron chi connectivity index (χ1n) is 13.1. The van der Waals surface area contributed by atoms with Crippen LogP contribution in [0.5, 0.6) is 5.75 Å². The van der Waals surface area contributed by atoms with Crippen molar-refractivity contribution in [2.24, 2.45) is 0 Å². The van der Waals surface area contributed by atoms with Crippen LogP contribution in [-0.4, -0.2) is 29.3 Å². The van der Waals surface area contributed by atoms with Crippen molar-refractivity contribution in [2.75, 3.05) is 12.4 Å². The van der Waals surface area contributed by atoms with Gasteiger partial charge in [0.25, 0.3) is 0 Å². The van der Waals surface area contributed by atoms with Crippen LogP contribution in [0.15, 0.2) is 29.2 Å². The fourth-order valence-corrected chi connectivity index (χ4v) is 4.46. The molecule has 0 aliphatic carbocycles. The zero-order valence-electron chi connectivity index (χ0n) is 20.7. The minimum absolute atomic E-state index is 0.00354. The van der Waals surface area contributed by atoms with E-state index in [0.717, 1.165) is 17.7 Å². The Morgan fingerprint density at radius 2 is 1.15 bits per heavy atom. The predicted octanol–water partition coefficient (Wildman–Crippen LogP) is 6.94. The molecule has 3 N–H and O–H groups in total. The number of carbonyl (C=O) groups excluding carboxylic acids is 2. The molecule has 0 radical (unpaired) electrons. The van der Waals surface area contributed by atoms with Crippen molar-refractivity contribution >= 4 is 23.6 Å². The largest absolute Gasteiger partial charge is 0.508 e. The molecular weight excluding hydrogens is 432 g/mol. The lowest BCUT2D eigenvalue weighted by molar-refractivity contribution is -0.122. The molecule has 0 saturated heterocycles. The topological polar surface area (TPSA) is 78.4 Å². The molecule has 0 aliphatic rings. The number of carbonyl (C=O) groups is 2. The number of amides is 2. The van der Waals surface area contributed by atoms with Gasteiger partial charge in [-0.15, -0.1) is 11.8 Å². The van der Waals surface area contributed by atoms with Crippen LogP contribution in [0.25, 0.3) is 0 Å². The van der Waals surface area contributed by atoms with E-state index in [0.29, 0.717) is 6.42 Å².